The fraction of sp³-hybridized carbons (Fsp3) is 0.0909. The van der Waals surface area contributed by atoms with Crippen molar-refractivity contribution in [1.82, 2.24) is 0 Å². The number of nitrogens with zero attached hydrogens (tertiary/aromatic N) is 2. The lowest BCUT2D eigenvalue weighted by atomic mass is 10.1. The Morgan fingerprint density at radius 2 is 1.93 bits per heavy atom. The molecule has 29 heavy (non-hydrogen) atoms. The molecule has 1 amide bonds. The van der Waals surface area contributed by atoms with Gasteiger partial charge in [-0.15, -0.1) is 0 Å². The van der Waals surface area contributed by atoms with Crippen LogP contribution in [0, 0.1) is 28.4 Å². The minimum atomic E-state index is -0.488. The maximum Gasteiger partial charge on any atom is 0.274 e. The highest BCUT2D eigenvalue weighted by atomic mass is 16.6. The van der Waals surface area contributed by atoms with Crippen LogP contribution >= 0.6 is 0 Å². The number of ether oxygens (including phenoxy) is 1. The zero-order chi connectivity index (χ0) is 20.8. The van der Waals surface area contributed by atoms with Gasteiger partial charge < -0.3 is 10.1 Å². The van der Waals surface area contributed by atoms with E-state index in [-0.39, 0.29) is 12.3 Å². The van der Waals surface area contributed by atoms with Crippen molar-refractivity contribution in [2.24, 2.45) is 0 Å². The molecule has 144 valence electrons. The molecule has 0 atom stereocenters. The fourth-order valence-corrected chi connectivity index (χ4v) is 2.73. The van der Waals surface area contributed by atoms with E-state index >= 15 is 0 Å². The van der Waals surface area contributed by atoms with E-state index in [9.17, 15) is 14.9 Å². The Bertz CT molecular complexity index is 1120. The molecule has 1 N–H and O–H groups in total. The molecule has 0 aliphatic carbocycles. The maximum absolute atomic E-state index is 12.5. The first kappa shape index (κ1) is 19.6. The summed E-state index contributed by atoms with van der Waals surface area (Å²) in [4.78, 5) is 23.1. The maximum atomic E-state index is 12.5. The third-order valence-corrected chi connectivity index (χ3v) is 4.29. The third-order valence-electron chi connectivity index (χ3n) is 4.29. The van der Waals surface area contributed by atoms with E-state index in [1.807, 2.05) is 6.07 Å². The van der Waals surface area contributed by atoms with Gasteiger partial charge in [0, 0.05) is 28.4 Å². The number of amides is 1. The minimum Gasteiger partial charge on any atom is -0.489 e. The van der Waals surface area contributed by atoms with Gasteiger partial charge in [-0.3, -0.25) is 14.9 Å². The van der Waals surface area contributed by atoms with Crippen LogP contribution in [0.25, 0.3) is 0 Å². The van der Waals surface area contributed by atoms with Gasteiger partial charge in [0.25, 0.3) is 11.6 Å². The Kier molecular flexibility index (Phi) is 5.85. The molecule has 7 heteroatoms. The van der Waals surface area contributed by atoms with E-state index in [4.69, 9.17) is 10.00 Å². The van der Waals surface area contributed by atoms with Crippen LogP contribution in [-0.2, 0) is 6.61 Å². The molecule has 3 aromatic rings. The number of rotatable bonds is 6. The van der Waals surface area contributed by atoms with Crippen molar-refractivity contribution in [1.29, 1.82) is 5.26 Å². The Hall–Kier alpha value is -4.18. The predicted molar refractivity (Wildman–Crippen MR) is 108 cm³/mol. The second kappa shape index (κ2) is 8.67. The van der Waals surface area contributed by atoms with E-state index < -0.39 is 10.8 Å². The van der Waals surface area contributed by atoms with Crippen molar-refractivity contribution >= 4 is 17.3 Å². The summed E-state index contributed by atoms with van der Waals surface area (Å²) < 4.78 is 5.72. The predicted octanol–water partition coefficient (Wildman–Crippen LogP) is 4.61. The highest BCUT2D eigenvalue weighted by Gasteiger charge is 2.13. The highest BCUT2D eigenvalue weighted by Crippen LogP contribution is 2.23. The van der Waals surface area contributed by atoms with Gasteiger partial charge in [-0.05, 0) is 37.3 Å². The van der Waals surface area contributed by atoms with Crippen LogP contribution in [0.1, 0.15) is 27.0 Å². The number of carbonyl (C=O) groups excluding carboxylic acids is 1. The molecule has 0 radical (unpaired) electrons. The van der Waals surface area contributed by atoms with Crippen LogP contribution in [0.2, 0.25) is 0 Å². The first-order valence-corrected chi connectivity index (χ1v) is 8.75. The van der Waals surface area contributed by atoms with Gasteiger partial charge in [-0.1, -0.05) is 30.3 Å². The molecule has 7 nitrogen and oxygen atoms in total. The van der Waals surface area contributed by atoms with Crippen molar-refractivity contribution in [3.8, 4) is 11.8 Å². The zero-order valence-corrected chi connectivity index (χ0v) is 15.6. The Morgan fingerprint density at radius 1 is 1.14 bits per heavy atom. The lowest BCUT2D eigenvalue weighted by molar-refractivity contribution is -0.385. The SMILES string of the molecule is Cc1ccc(NC(=O)c2cccc(OCc3ccccc3C#N)c2)cc1[N+](=O)[O-]. The van der Waals surface area contributed by atoms with E-state index in [2.05, 4.69) is 11.4 Å². The fourth-order valence-electron chi connectivity index (χ4n) is 2.73. The van der Waals surface area contributed by atoms with Crippen molar-refractivity contribution in [3.63, 3.8) is 0 Å². The average Bonchev–Trinajstić information content (AvgIpc) is 2.73. The number of carbonyl (C=O) groups is 1. The van der Waals surface area contributed by atoms with Gasteiger partial charge >= 0.3 is 0 Å². The Balaban J connectivity index is 1.72. The van der Waals surface area contributed by atoms with Gasteiger partial charge in [-0.25, -0.2) is 0 Å². The monoisotopic (exact) mass is 387 g/mol. The molecule has 0 saturated carbocycles. The summed E-state index contributed by atoms with van der Waals surface area (Å²) in [5.41, 5.74) is 2.41. The van der Waals surface area contributed by atoms with Crippen LogP contribution < -0.4 is 10.1 Å². The second-order valence-electron chi connectivity index (χ2n) is 6.30. The number of nitriles is 1. The van der Waals surface area contributed by atoms with Gasteiger partial charge in [0.15, 0.2) is 0 Å². The largest absolute Gasteiger partial charge is 0.489 e. The molecule has 0 saturated heterocycles. The van der Waals surface area contributed by atoms with Crippen LogP contribution in [0.4, 0.5) is 11.4 Å². The summed E-state index contributed by atoms with van der Waals surface area (Å²) >= 11 is 0. The molecule has 0 unspecified atom stereocenters. The van der Waals surface area contributed by atoms with E-state index in [0.29, 0.717) is 28.1 Å². The van der Waals surface area contributed by atoms with Crippen LogP contribution in [0.15, 0.2) is 66.7 Å². The van der Waals surface area contributed by atoms with Crippen LogP contribution in [0.5, 0.6) is 5.75 Å². The Morgan fingerprint density at radius 3 is 2.69 bits per heavy atom. The summed E-state index contributed by atoms with van der Waals surface area (Å²) in [6, 6.07) is 20.3. The summed E-state index contributed by atoms with van der Waals surface area (Å²) in [6.07, 6.45) is 0. The number of hydrogen-bond donors (Lipinski definition) is 1. The van der Waals surface area contributed by atoms with Gasteiger partial charge in [-0.2, -0.15) is 5.26 Å². The molecular weight excluding hydrogens is 370 g/mol. The van der Waals surface area contributed by atoms with E-state index in [1.165, 1.54) is 6.07 Å². The number of aryl methyl sites for hydroxylation is 1. The lowest BCUT2D eigenvalue weighted by Gasteiger charge is -2.10. The van der Waals surface area contributed by atoms with Crippen molar-refractivity contribution in [3.05, 3.63) is 99.1 Å². The van der Waals surface area contributed by atoms with Crippen molar-refractivity contribution in [2.75, 3.05) is 5.32 Å². The zero-order valence-electron chi connectivity index (χ0n) is 15.6. The second-order valence-corrected chi connectivity index (χ2v) is 6.30. The molecule has 0 heterocycles. The first-order valence-electron chi connectivity index (χ1n) is 8.75. The van der Waals surface area contributed by atoms with Gasteiger partial charge in [0.1, 0.15) is 12.4 Å². The number of nitro benzene ring substituents is 1. The number of anilines is 1. The summed E-state index contributed by atoms with van der Waals surface area (Å²) in [5.74, 6) is 0.0614. The summed E-state index contributed by atoms with van der Waals surface area (Å²) in [7, 11) is 0. The molecule has 3 aromatic carbocycles. The highest BCUT2D eigenvalue weighted by molar-refractivity contribution is 6.04. The molecule has 0 aliphatic rings. The van der Waals surface area contributed by atoms with E-state index in [0.717, 1.165) is 5.56 Å². The third kappa shape index (κ3) is 4.76. The summed E-state index contributed by atoms with van der Waals surface area (Å²) in [6.45, 7) is 1.83. The summed E-state index contributed by atoms with van der Waals surface area (Å²) in [5, 5.41) is 22.9. The van der Waals surface area contributed by atoms with Gasteiger partial charge in [0.05, 0.1) is 16.6 Å². The first-order chi connectivity index (χ1) is 14.0. The van der Waals surface area contributed by atoms with Crippen molar-refractivity contribution < 1.29 is 14.5 Å². The van der Waals surface area contributed by atoms with Gasteiger partial charge in [0.2, 0.25) is 0 Å². The minimum absolute atomic E-state index is 0.0592. The standard InChI is InChI=1S/C22H17N3O4/c1-15-9-10-19(12-21(15)25(27)28)24-22(26)16-7-4-8-20(11-16)29-14-18-6-3-2-5-17(18)13-23/h2-12H,14H2,1H3,(H,24,26). The number of benzene rings is 3. The smallest absolute Gasteiger partial charge is 0.274 e. The lowest BCUT2D eigenvalue weighted by Crippen LogP contribution is -2.12. The van der Waals surface area contributed by atoms with Crippen molar-refractivity contribution in [2.45, 2.75) is 13.5 Å². The Labute approximate surface area is 167 Å². The molecule has 0 fully saturated rings. The normalized spacial score (nSPS) is 10.1. The molecule has 3 rings (SSSR count). The molecular formula is C22H17N3O4. The molecule has 0 spiro atoms. The van der Waals surface area contributed by atoms with Crippen LogP contribution in [-0.4, -0.2) is 10.8 Å². The van der Waals surface area contributed by atoms with Crippen LogP contribution in [0.3, 0.4) is 0 Å². The number of nitro groups is 1. The number of nitrogens with one attached hydrogen (secondary N) is 1. The van der Waals surface area contributed by atoms with E-state index in [1.54, 1.807) is 61.5 Å². The molecule has 0 aromatic heterocycles. The quantitative estimate of drug-likeness (QED) is 0.491. The average molecular weight is 387 g/mol. The number of hydrogen-bond acceptors (Lipinski definition) is 5. The molecule has 0 bridgehead atoms. The topological polar surface area (TPSA) is 105 Å². The molecule has 0 aliphatic heterocycles.